The van der Waals surface area contributed by atoms with Crippen molar-refractivity contribution in [1.82, 2.24) is 0 Å². The molecule has 0 saturated heterocycles. The summed E-state index contributed by atoms with van der Waals surface area (Å²) in [5, 5.41) is 0. The molecule has 0 spiro atoms. The first kappa shape index (κ1) is 72.9. The van der Waals surface area contributed by atoms with Crippen molar-refractivity contribution in [2.24, 2.45) is 9.98 Å². The molecule has 0 aliphatic rings. The predicted molar refractivity (Wildman–Crippen MR) is 346 cm³/mol. The van der Waals surface area contributed by atoms with Crippen LogP contribution in [0.2, 0.25) is 0 Å². The number of aliphatic imine (C=N–C) groups is 2. The summed E-state index contributed by atoms with van der Waals surface area (Å²) >= 11 is 0. The molecule has 444 valence electrons. The van der Waals surface area contributed by atoms with Crippen LogP contribution in [0.5, 0.6) is 0 Å². The van der Waals surface area contributed by atoms with E-state index in [0.717, 1.165) is 49.2 Å². The van der Waals surface area contributed by atoms with E-state index in [4.69, 9.17) is 9.98 Å². The van der Waals surface area contributed by atoms with Gasteiger partial charge in [0.1, 0.15) is 0 Å². The van der Waals surface area contributed by atoms with Crippen LogP contribution < -0.4 is 0 Å². The number of rotatable bonds is 58. The van der Waals surface area contributed by atoms with Crippen molar-refractivity contribution >= 4 is 23.3 Å². The maximum absolute atomic E-state index is 5.34. The van der Waals surface area contributed by atoms with Crippen molar-refractivity contribution < 1.29 is 20.4 Å². The Morgan fingerprint density at radius 2 is 0.558 bits per heavy atom. The van der Waals surface area contributed by atoms with Gasteiger partial charge < -0.3 is 0 Å². The zero-order chi connectivity index (χ0) is 54.0. The van der Waals surface area contributed by atoms with Crippen LogP contribution in [-0.2, 0) is 33.3 Å². The average molecular weight is 1150 g/mol. The van der Waals surface area contributed by atoms with Gasteiger partial charge in [-0.2, -0.15) is 0 Å². The topological polar surface area (TPSA) is 24.7 Å². The summed E-state index contributed by atoms with van der Waals surface area (Å²) in [7, 11) is 0. The van der Waals surface area contributed by atoms with Crippen LogP contribution in [0, 0.1) is 0 Å². The molecule has 0 atom stereocenters. The summed E-state index contributed by atoms with van der Waals surface area (Å²) < 4.78 is 0. The fraction of sp³-hybridized carbons (Fsp3) is 0.757. The van der Waals surface area contributed by atoms with E-state index in [-0.39, 0.29) is 20.4 Å². The van der Waals surface area contributed by atoms with Crippen molar-refractivity contribution in [2.45, 2.75) is 361 Å². The summed E-state index contributed by atoms with van der Waals surface area (Å²) in [5.74, 6) is 0. The molecule has 0 aromatic heterocycles. The fourth-order valence-electron chi connectivity index (χ4n) is 11.2. The van der Waals surface area contributed by atoms with Gasteiger partial charge in [-0.3, -0.25) is 9.98 Å². The number of nitrogens with zero attached hydrogens (tertiary/aromatic N) is 2. The minimum atomic E-state index is 0. The molecule has 0 aliphatic heterocycles. The number of hydrogen-bond donors (Lipinski definition) is 0. The minimum absolute atomic E-state index is 0. The SMILES string of the molecule is CCCCCCCCCCCCCCCCCCCCCC/C=C/CCc1ccccc1/N=C(\C=N\c1ccccc1CC/C=C/CCCCCCCCCCCCCCCCCCCCCC)CCCCCCCC.[Pd]. The van der Waals surface area contributed by atoms with E-state index in [2.05, 4.69) is 99.8 Å². The normalized spacial score (nSPS) is 12.1. The van der Waals surface area contributed by atoms with Crippen molar-refractivity contribution in [2.75, 3.05) is 0 Å². The Balaban J connectivity index is 0.0000296. The summed E-state index contributed by atoms with van der Waals surface area (Å²) in [6, 6.07) is 17.6. The molecule has 2 aromatic rings. The van der Waals surface area contributed by atoms with E-state index in [1.807, 2.05) is 0 Å². The Kier molecular flexibility index (Phi) is 56.9. The molecule has 0 amide bonds. The first-order chi connectivity index (χ1) is 37.8. The second-order valence-electron chi connectivity index (χ2n) is 23.7. The first-order valence-electron chi connectivity index (χ1n) is 34.4. The van der Waals surface area contributed by atoms with Crippen LogP contribution in [0.4, 0.5) is 11.4 Å². The Hall–Kier alpha value is -2.08. The minimum Gasteiger partial charge on any atom is -0.255 e. The van der Waals surface area contributed by atoms with Gasteiger partial charge in [-0.05, 0) is 87.5 Å². The van der Waals surface area contributed by atoms with E-state index >= 15 is 0 Å². The van der Waals surface area contributed by atoms with Gasteiger partial charge in [0.05, 0.1) is 17.1 Å². The summed E-state index contributed by atoms with van der Waals surface area (Å²) in [6.07, 6.45) is 84.8. The van der Waals surface area contributed by atoms with Crippen LogP contribution in [-0.4, -0.2) is 11.9 Å². The third-order valence-corrected chi connectivity index (χ3v) is 16.3. The standard InChI is InChI=1S/C74H128N2.Pd/c1-4-7-10-13-16-18-20-22-24-26-28-30-32-34-36-38-40-42-44-46-48-50-52-55-62-70-64-58-60-67-73(70)75-69-72(66-57-54-15-12-9-6-3)76-74-68-61-59-65-71(74)63-56-53-51-49-47-45-43-41-39-37-35-33-31-29-27-25-23-21-19-17-14-11-8-5-2;/h50-53,58-61,64-65,67-69H,4-49,54-57,62-63,66H2,1-3H3;/b52-50+,53-51+,75-69+,76-72-;. The molecular formula is C74H128N2Pd. The smallest absolute Gasteiger partial charge is 0.0665 e. The monoisotopic (exact) mass is 1150 g/mol. The quantitative estimate of drug-likeness (QED) is 0.0273. The van der Waals surface area contributed by atoms with Crippen molar-refractivity contribution in [3.8, 4) is 0 Å². The van der Waals surface area contributed by atoms with Gasteiger partial charge in [0.25, 0.3) is 0 Å². The molecule has 0 bridgehead atoms. The molecule has 0 heterocycles. The van der Waals surface area contributed by atoms with Gasteiger partial charge in [0, 0.05) is 26.6 Å². The van der Waals surface area contributed by atoms with E-state index < -0.39 is 0 Å². The van der Waals surface area contributed by atoms with E-state index in [1.165, 1.54) is 319 Å². The fourth-order valence-corrected chi connectivity index (χ4v) is 11.2. The molecule has 2 rings (SSSR count). The largest absolute Gasteiger partial charge is 0.255 e. The molecule has 0 N–H and O–H groups in total. The number of hydrogen-bond acceptors (Lipinski definition) is 2. The molecule has 3 heteroatoms. The molecule has 2 nitrogen and oxygen atoms in total. The van der Waals surface area contributed by atoms with Gasteiger partial charge >= 0.3 is 0 Å². The predicted octanol–water partition coefficient (Wildman–Crippen LogP) is 26.3. The first-order valence-corrected chi connectivity index (χ1v) is 34.4. The third kappa shape index (κ3) is 48.4. The van der Waals surface area contributed by atoms with Crippen LogP contribution in [0.3, 0.4) is 0 Å². The molecule has 0 radical (unpaired) electrons. The summed E-state index contributed by atoms with van der Waals surface area (Å²) in [5.41, 5.74) is 6.02. The van der Waals surface area contributed by atoms with Gasteiger partial charge in [-0.1, -0.05) is 358 Å². The van der Waals surface area contributed by atoms with E-state index in [9.17, 15) is 0 Å². The zero-order valence-corrected chi connectivity index (χ0v) is 53.2. The van der Waals surface area contributed by atoms with Gasteiger partial charge in [-0.25, -0.2) is 0 Å². The Morgan fingerprint density at radius 3 is 0.896 bits per heavy atom. The second kappa shape index (κ2) is 60.0. The maximum Gasteiger partial charge on any atom is 0.0665 e. The molecular weight excluding hydrogens is 1020 g/mol. The number of aryl methyl sites for hydroxylation is 2. The number of benzene rings is 2. The van der Waals surface area contributed by atoms with Crippen LogP contribution in [0.15, 0.2) is 82.8 Å². The van der Waals surface area contributed by atoms with Crippen molar-refractivity contribution in [3.05, 3.63) is 84.0 Å². The van der Waals surface area contributed by atoms with Gasteiger partial charge in [0.15, 0.2) is 0 Å². The van der Waals surface area contributed by atoms with Crippen molar-refractivity contribution in [3.63, 3.8) is 0 Å². The zero-order valence-electron chi connectivity index (χ0n) is 51.7. The third-order valence-electron chi connectivity index (χ3n) is 16.3. The van der Waals surface area contributed by atoms with Crippen LogP contribution in [0.25, 0.3) is 0 Å². The maximum atomic E-state index is 5.34. The molecule has 0 fully saturated rings. The van der Waals surface area contributed by atoms with Crippen molar-refractivity contribution in [1.29, 1.82) is 0 Å². The molecule has 0 unspecified atom stereocenters. The average Bonchev–Trinajstić information content (AvgIpc) is 3.44. The Morgan fingerprint density at radius 1 is 0.299 bits per heavy atom. The van der Waals surface area contributed by atoms with Crippen LogP contribution in [0.1, 0.15) is 359 Å². The Labute approximate surface area is 495 Å². The number of unbranched alkanes of at least 4 members (excludes halogenated alkanes) is 45. The van der Waals surface area contributed by atoms with E-state index in [0.29, 0.717) is 0 Å². The summed E-state index contributed by atoms with van der Waals surface area (Å²) in [6.45, 7) is 6.92. The second-order valence-corrected chi connectivity index (χ2v) is 23.7. The molecule has 77 heavy (non-hydrogen) atoms. The van der Waals surface area contributed by atoms with Crippen LogP contribution >= 0.6 is 0 Å². The molecule has 0 saturated carbocycles. The van der Waals surface area contributed by atoms with Gasteiger partial charge in [-0.15, -0.1) is 0 Å². The number of para-hydroxylation sites is 2. The van der Waals surface area contributed by atoms with Gasteiger partial charge in [0.2, 0.25) is 0 Å². The molecule has 0 aliphatic carbocycles. The Bertz CT molecular complexity index is 1620. The number of allylic oxidation sites excluding steroid dienone is 4. The van der Waals surface area contributed by atoms with E-state index in [1.54, 1.807) is 0 Å². The summed E-state index contributed by atoms with van der Waals surface area (Å²) in [4.78, 5) is 10.5. The molecule has 2 aromatic carbocycles.